The lowest BCUT2D eigenvalue weighted by molar-refractivity contribution is 0.0600. The van der Waals surface area contributed by atoms with Crippen molar-refractivity contribution in [2.75, 3.05) is 20.2 Å². The van der Waals surface area contributed by atoms with Gasteiger partial charge in [0.25, 0.3) is 0 Å². The Morgan fingerprint density at radius 1 is 1.55 bits per heavy atom. The maximum atomic E-state index is 11.5. The maximum absolute atomic E-state index is 11.5. The Morgan fingerprint density at radius 3 is 3.05 bits per heavy atom. The lowest BCUT2D eigenvalue weighted by atomic mass is 9.92. The highest BCUT2D eigenvalue weighted by Gasteiger charge is 2.22. The highest BCUT2D eigenvalue weighted by molar-refractivity contribution is 5.89. The molecule has 1 aromatic rings. The van der Waals surface area contributed by atoms with Crippen LogP contribution < -0.4 is 5.73 Å². The van der Waals surface area contributed by atoms with Gasteiger partial charge in [0.15, 0.2) is 0 Å². The summed E-state index contributed by atoms with van der Waals surface area (Å²) in [5.41, 5.74) is 7.78. The van der Waals surface area contributed by atoms with Gasteiger partial charge in [0.2, 0.25) is 0 Å². The first-order chi connectivity index (χ1) is 9.60. The van der Waals surface area contributed by atoms with Crippen LogP contribution in [-0.2, 0) is 11.3 Å². The zero-order valence-corrected chi connectivity index (χ0v) is 12.3. The standard InChI is InChI=1S/C16H24N2O2/c1-12(17)15-7-4-8-18(11-15)10-13-5-3-6-14(9-13)16(19)20-2/h3,5-6,9,12,15H,4,7-8,10-11,17H2,1-2H3. The highest BCUT2D eigenvalue weighted by Crippen LogP contribution is 2.20. The monoisotopic (exact) mass is 276 g/mol. The van der Waals surface area contributed by atoms with E-state index >= 15 is 0 Å². The minimum absolute atomic E-state index is 0.249. The molecular weight excluding hydrogens is 252 g/mol. The van der Waals surface area contributed by atoms with E-state index in [4.69, 9.17) is 10.5 Å². The third-order valence-electron chi connectivity index (χ3n) is 4.04. The third-order valence-corrected chi connectivity index (χ3v) is 4.04. The van der Waals surface area contributed by atoms with E-state index in [1.165, 1.54) is 20.0 Å². The molecule has 20 heavy (non-hydrogen) atoms. The molecule has 0 radical (unpaired) electrons. The van der Waals surface area contributed by atoms with Crippen molar-refractivity contribution in [2.45, 2.75) is 32.4 Å². The number of benzene rings is 1. The number of hydrogen-bond acceptors (Lipinski definition) is 4. The Labute approximate surface area is 120 Å². The minimum Gasteiger partial charge on any atom is -0.465 e. The van der Waals surface area contributed by atoms with Crippen molar-refractivity contribution in [3.63, 3.8) is 0 Å². The first kappa shape index (κ1) is 15.0. The smallest absolute Gasteiger partial charge is 0.337 e. The van der Waals surface area contributed by atoms with Gasteiger partial charge in [0.05, 0.1) is 12.7 Å². The summed E-state index contributed by atoms with van der Waals surface area (Å²) < 4.78 is 4.76. The normalized spacial score (nSPS) is 21.4. The van der Waals surface area contributed by atoms with Crippen molar-refractivity contribution in [1.29, 1.82) is 0 Å². The minimum atomic E-state index is -0.279. The summed E-state index contributed by atoms with van der Waals surface area (Å²) in [6.07, 6.45) is 2.42. The van der Waals surface area contributed by atoms with Gasteiger partial charge in [-0.3, -0.25) is 4.90 Å². The molecule has 2 atom stereocenters. The molecule has 4 heteroatoms. The predicted octanol–water partition coefficient (Wildman–Crippen LogP) is 2.03. The van der Waals surface area contributed by atoms with Crippen LogP contribution in [0.5, 0.6) is 0 Å². The van der Waals surface area contributed by atoms with Crippen LogP contribution in [0, 0.1) is 5.92 Å². The Bertz CT molecular complexity index is 460. The molecule has 1 heterocycles. The van der Waals surface area contributed by atoms with Gasteiger partial charge in [-0.05, 0) is 49.9 Å². The first-order valence-electron chi connectivity index (χ1n) is 7.25. The predicted molar refractivity (Wildman–Crippen MR) is 79.4 cm³/mol. The summed E-state index contributed by atoms with van der Waals surface area (Å²) in [5, 5.41) is 0. The van der Waals surface area contributed by atoms with Gasteiger partial charge >= 0.3 is 5.97 Å². The molecule has 2 rings (SSSR count). The molecule has 110 valence electrons. The second-order valence-electron chi connectivity index (χ2n) is 5.69. The van der Waals surface area contributed by atoms with Gasteiger partial charge < -0.3 is 10.5 Å². The maximum Gasteiger partial charge on any atom is 0.337 e. The van der Waals surface area contributed by atoms with Crippen molar-refractivity contribution in [2.24, 2.45) is 11.7 Å². The van der Waals surface area contributed by atoms with Crippen LogP contribution in [0.4, 0.5) is 0 Å². The summed E-state index contributed by atoms with van der Waals surface area (Å²) >= 11 is 0. The fraction of sp³-hybridized carbons (Fsp3) is 0.562. The van der Waals surface area contributed by atoms with E-state index in [9.17, 15) is 4.79 Å². The van der Waals surface area contributed by atoms with Crippen molar-refractivity contribution in [3.05, 3.63) is 35.4 Å². The first-order valence-corrected chi connectivity index (χ1v) is 7.25. The number of carbonyl (C=O) groups excluding carboxylic acids is 1. The summed E-state index contributed by atoms with van der Waals surface area (Å²) in [6.45, 7) is 5.10. The van der Waals surface area contributed by atoms with Crippen LogP contribution in [0.1, 0.15) is 35.7 Å². The van der Waals surface area contributed by atoms with Gasteiger partial charge in [0, 0.05) is 19.1 Å². The van der Waals surface area contributed by atoms with E-state index in [2.05, 4.69) is 17.9 Å². The Balaban J connectivity index is 2.01. The number of rotatable bonds is 4. The van der Waals surface area contributed by atoms with Crippen LogP contribution in [0.3, 0.4) is 0 Å². The van der Waals surface area contributed by atoms with Crippen molar-refractivity contribution in [3.8, 4) is 0 Å². The van der Waals surface area contributed by atoms with Crippen LogP contribution in [0.25, 0.3) is 0 Å². The second-order valence-corrected chi connectivity index (χ2v) is 5.69. The molecule has 1 aliphatic heterocycles. The van der Waals surface area contributed by atoms with Crippen molar-refractivity contribution >= 4 is 5.97 Å². The van der Waals surface area contributed by atoms with Gasteiger partial charge in [-0.15, -0.1) is 0 Å². The largest absolute Gasteiger partial charge is 0.465 e. The van der Waals surface area contributed by atoms with Crippen LogP contribution in [0.2, 0.25) is 0 Å². The van der Waals surface area contributed by atoms with E-state index < -0.39 is 0 Å². The van der Waals surface area contributed by atoms with Crippen molar-refractivity contribution < 1.29 is 9.53 Å². The van der Waals surface area contributed by atoms with E-state index in [1.807, 2.05) is 12.1 Å². The molecule has 0 aromatic heterocycles. The number of ether oxygens (including phenoxy) is 1. The number of nitrogens with zero attached hydrogens (tertiary/aromatic N) is 1. The van der Waals surface area contributed by atoms with Crippen LogP contribution in [0.15, 0.2) is 24.3 Å². The van der Waals surface area contributed by atoms with Gasteiger partial charge in [-0.1, -0.05) is 12.1 Å². The number of hydrogen-bond donors (Lipinski definition) is 1. The lowest BCUT2D eigenvalue weighted by Gasteiger charge is -2.34. The van der Waals surface area contributed by atoms with Crippen LogP contribution in [-0.4, -0.2) is 37.1 Å². The topological polar surface area (TPSA) is 55.6 Å². The zero-order chi connectivity index (χ0) is 14.5. The highest BCUT2D eigenvalue weighted by atomic mass is 16.5. The van der Waals surface area contributed by atoms with E-state index in [1.54, 1.807) is 6.07 Å². The molecule has 0 spiro atoms. The molecule has 0 amide bonds. The Hall–Kier alpha value is -1.39. The Morgan fingerprint density at radius 2 is 2.35 bits per heavy atom. The molecule has 2 unspecified atom stereocenters. The van der Waals surface area contributed by atoms with E-state index in [0.29, 0.717) is 11.5 Å². The summed E-state index contributed by atoms with van der Waals surface area (Å²) in [6, 6.07) is 7.92. The van der Waals surface area contributed by atoms with Crippen molar-refractivity contribution in [1.82, 2.24) is 4.90 Å². The summed E-state index contributed by atoms with van der Waals surface area (Å²) in [5.74, 6) is 0.298. The second kappa shape index (κ2) is 6.86. The van der Waals surface area contributed by atoms with Gasteiger partial charge in [-0.25, -0.2) is 4.79 Å². The molecule has 1 saturated heterocycles. The zero-order valence-electron chi connectivity index (χ0n) is 12.3. The summed E-state index contributed by atoms with van der Waals surface area (Å²) in [4.78, 5) is 14.0. The number of carbonyl (C=O) groups is 1. The fourth-order valence-electron chi connectivity index (χ4n) is 2.84. The molecule has 0 bridgehead atoms. The Kier molecular flexibility index (Phi) is 5.15. The average molecular weight is 276 g/mol. The molecule has 2 N–H and O–H groups in total. The number of esters is 1. The third kappa shape index (κ3) is 3.81. The molecule has 0 aliphatic carbocycles. The molecule has 1 aliphatic rings. The molecule has 4 nitrogen and oxygen atoms in total. The van der Waals surface area contributed by atoms with Gasteiger partial charge in [0.1, 0.15) is 0 Å². The number of nitrogens with two attached hydrogens (primary N) is 1. The molecular formula is C16H24N2O2. The van der Waals surface area contributed by atoms with E-state index in [-0.39, 0.29) is 12.0 Å². The molecule has 0 saturated carbocycles. The fourth-order valence-corrected chi connectivity index (χ4v) is 2.84. The molecule has 1 aromatic carbocycles. The number of piperidine rings is 1. The van der Waals surface area contributed by atoms with Crippen LogP contribution >= 0.6 is 0 Å². The number of likely N-dealkylation sites (tertiary alicyclic amines) is 1. The quantitative estimate of drug-likeness (QED) is 0.855. The van der Waals surface area contributed by atoms with E-state index in [0.717, 1.165) is 25.2 Å². The number of methoxy groups -OCH3 is 1. The van der Waals surface area contributed by atoms with Gasteiger partial charge in [-0.2, -0.15) is 0 Å². The SMILES string of the molecule is COC(=O)c1cccc(CN2CCCC(C(C)N)C2)c1. The average Bonchev–Trinajstić information content (AvgIpc) is 2.47. The molecule has 1 fully saturated rings. The summed E-state index contributed by atoms with van der Waals surface area (Å²) in [7, 11) is 1.41. The lowest BCUT2D eigenvalue weighted by Crippen LogP contribution is -2.41.